The quantitative estimate of drug-likeness (QED) is 0.766. The first kappa shape index (κ1) is 16.1. The molecule has 3 aromatic heterocycles. The Hall–Kier alpha value is -3.11. The molecule has 0 amide bonds. The van der Waals surface area contributed by atoms with Gasteiger partial charge in [0.15, 0.2) is 0 Å². The highest BCUT2D eigenvalue weighted by Gasteiger charge is 2.53. The lowest BCUT2D eigenvalue weighted by atomic mass is 10.1. The Labute approximate surface area is 157 Å². The Bertz CT molecular complexity index is 1040. The minimum Gasteiger partial charge on any atom is -0.492 e. The number of nitriles is 1. The van der Waals surface area contributed by atoms with Gasteiger partial charge in [0.2, 0.25) is 0 Å². The smallest absolute Gasteiger partial charge is 0.138 e. The summed E-state index contributed by atoms with van der Waals surface area (Å²) in [6, 6.07) is 8.63. The van der Waals surface area contributed by atoms with E-state index in [9.17, 15) is 5.26 Å². The van der Waals surface area contributed by atoms with Crippen LogP contribution in [-0.4, -0.2) is 40.3 Å². The highest BCUT2D eigenvalue weighted by Crippen LogP contribution is 2.45. The highest BCUT2D eigenvalue weighted by atomic mass is 16.5. The molecule has 3 aromatic rings. The van der Waals surface area contributed by atoms with Crippen LogP contribution in [0.1, 0.15) is 12.5 Å². The second-order valence-corrected chi connectivity index (χ2v) is 7.20. The zero-order chi connectivity index (χ0) is 18.5. The molecule has 1 saturated carbocycles. The van der Waals surface area contributed by atoms with Crippen LogP contribution in [0.5, 0.6) is 5.75 Å². The third-order valence-corrected chi connectivity index (χ3v) is 5.66. The van der Waals surface area contributed by atoms with E-state index in [1.165, 1.54) is 0 Å². The van der Waals surface area contributed by atoms with Gasteiger partial charge in [0, 0.05) is 36.5 Å². The number of rotatable bonds is 4. The van der Waals surface area contributed by atoms with E-state index < -0.39 is 0 Å². The van der Waals surface area contributed by atoms with E-state index in [2.05, 4.69) is 21.1 Å². The molecule has 2 aliphatic rings. The number of pyridine rings is 2. The summed E-state index contributed by atoms with van der Waals surface area (Å²) in [5.74, 6) is 2.94. The van der Waals surface area contributed by atoms with E-state index in [0.717, 1.165) is 35.6 Å². The largest absolute Gasteiger partial charge is 0.492 e. The maximum atomic E-state index is 9.44. The molecule has 5 rings (SSSR count). The molecule has 1 aliphatic carbocycles. The van der Waals surface area contributed by atoms with E-state index in [0.29, 0.717) is 35.8 Å². The molecule has 0 radical (unpaired) electrons. The van der Waals surface area contributed by atoms with Gasteiger partial charge in [0.25, 0.3) is 0 Å². The summed E-state index contributed by atoms with van der Waals surface area (Å²) in [7, 11) is 0. The Morgan fingerprint density at radius 1 is 1.30 bits per heavy atom. The molecule has 4 heterocycles. The number of aromatic nitrogens is 3. The summed E-state index contributed by atoms with van der Waals surface area (Å²) in [6.45, 7) is 4.48. The lowest BCUT2D eigenvalue weighted by Crippen LogP contribution is -2.28. The maximum absolute atomic E-state index is 9.44. The van der Waals surface area contributed by atoms with Crippen molar-refractivity contribution in [2.24, 2.45) is 17.6 Å². The van der Waals surface area contributed by atoms with Crippen molar-refractivity contribution in [3.05, 3.63) is 42.4 Å². The van der Waals surface area contributed by atoms with Crippen molar-refractivity contribution in [3.63, 3.8) is 0 Å². The molecule has 0 spiro atoms. The molecule has 0 bridgehead atoms. The fourth-order valence-corrected chi connectivity index (χ4v) is 4.14. The summed E-state index contributed by atoms with van der Waals surface area (Å²) in [5, 5.41) is 13.7. The molecule has 0 unspecified atom stereocenters. The second-order valence-electron chi connectivity index (χ2n) is 7.20. The monoisotopic (exact) mass is 360 g/mol. The van der Waals surface area contributed by atoms with Crippen molar-refractivity contribution in [2.75, 3.05) is 24.6 Å². The molecule has 2 N–H and O–H groups in total. The fraction of sp³-hybridized carbons (Fsp3) is 0.350. The average molecular weight is 360 g/mol. The van der Waals surface area contributed by atoms with E-state index in [4.69, 9.17) is 10.5 Å². The second kappa shape index (κ2) is 5.96. The summed E-state index contributed by atoms with van der Waals surface area (Å²) in [6.07, 6.45) is 5.24. The summed E-state index contributed by atoms with van der Waals surface area (Å²) >= 11 is 0. The van der Waals surface area contributed by atoms with Crippen molar-refractivity contribution in [2.45, 2.75) is 13.0 Å². The van der Waals surface area contributed by atoms with Crippen molar-refractivity contribution in [3.8, 4) is 22.9 Å². The first-order valence-corrected chi connectivity index (χ1v) is 9.21. The number of anilines is 1. The van der Waals surface area contributed by atoms with Crippen molar-refractivity contribution in [1.82, 2.24) is 14.6 Å². The van der Waals surface area contributed by atoms with Crippen molar-refractivity contribution < 1.29 is 4.74 Å². The number of hydrogen-bond acceptors (Lipinski definition) is 6. The van der Waals surface area contributed by atoms with Crippen LogP contribution < -0.4 is 15.4 Å². The number of piperidine rings is 1. The van der Waals surface area contributed by atoms with Crippen LogP contribution in [0.15, 0.2) is 36.8 Å². The summed E-state index contributed by atoms with van der Waals surface area (Å²) in [5.41, 5.74) is 9.15. The molecule has 1 aliphatic heterocycles. The van der Waals surface area contributed by atoms with Crippen LogP contribution >= 0.6 is 0 Å². The minimum atomic E-state index is 0.376. The molecule has 3 atom stereocenters. The lowest BCUT2D eigenvalue weighted by Gasteiger charge is -2.20. The number of hydrogen-bond donors (Lipinski definition) is 1. The fourth-order valence-electron chi connectivity index (χ4n) is 4.14. The number of nitrogens with two attached hydrogens (primary N) is 1. The van der Waals surface area contributed by atoms with Crippen LogP contribution in [-0.2, 0) is 0 Å². The predicted octanol–water partition coefficient (Wildman–Crippen LogP) is 2.06. The Morgan fingerprint density at radius 2 is 2.11 bits per heavy atom. The van der Waals surface area contributed by atoms with Crippen LogP contribution in [0, 0.1) is 23.2 Å². The molecular formula is C20H20N6O. The Morgan fingerprint density at radius 3 is 2.78 bits per heavy atom. The Kier molecular flexibility index (Phi) is 3.55. The summed E-state index contributed by atoms with van der Waals surface area (Å²) in [4.78, 5) is 6.97. The van der Waals surface area contributed by atoms with Gasteiger partial charge in [-0.2, -0.15) is 10.4 Å². The third-order valence-electron chi connectivity index (χ3n) is 5.66. The number of nitrogens with zero attached hydrogens (tertiary/aromatic N) is 5. The van der Waals surface area contributed by atoms with Crippen LogP contribution in [0.4, 0.5) is 5.82 Å². The first-order valence-electron chi connectivity index (χ1n) is 9.21. The van der Waals surface area contributed by atoms with Crippen LogP contribution in [0.3, 0.4) is 0 Å². The molecule has 7 heteroatoms. The average Bonchev–Trinajstić information content (AvgIpc) is 3.09. The highest BCUT2D eigenvalue weighted by molar-refractivity contribution is 5.85. The van der Waals surface area contributed by atoms with Crippen LogP contribution in [0.25, 0.3) is 16.6 Å². The van der Waals surface area contributed by atoms with E-state index in [1.807, 2.05) is 31.3 Å². The standard InChI is InChI=1S/C20H20N6O/c1-2-27-14-5-15(20-13(6-21)8-24-26(20)9-14)12-3-4-18(23-7-12)25-10-16-17(11-25)19(16)22/h3-5,7-9,16-17,19H,2,10-11,22H2,1H3/t16-,17+,19+. The molecule has 136 valence electrons. The van der Waals surface area contributed by atoms with Gasteiger partial charge < -0.3 is 15.4 Å². The topological polar surface area (TPSA) is 92.5 Å². The molecule has 0 aromatic carbocycles. The van der Waals surface area contributed by atoms with E-state index in [-0.39, 0.29) is 0 Å². The normalized spacial score (nSPS) is 23.3. The predicted molar refractivity (Wildman–Crippen MR) is 101 cm³/mol. The zero-order valence-electron chi connectivity index (χ0n) is 15.0. The lowest BCUT2D eigenvalue weighted by molar-refractivity contribution is 0.338. The zero-order valence-corrected chi connectivity index (χ0v) is 15.0. The Balaban J connectivity index is 1.52. The van der Waals surface area contributed by atoms with E-state index in [1.54, 1.807) is 16.9 Å². The van der Waals surface area contributed by atoms with Gasteiger partial charge in [-0.25, -0.2) is 9.50 Å². The van der Waals surface area contributed by atoms with E-state index >= 15 is 0 Å². The van der Waals surface area contributed by atoms with Gasteiger partial charge in [0.05, 0.1) is 30.1 Å². The summed E-state index contributed by atoms with van der Waals surface area (Å²) < 4.78 is 7.36. The van der Waals surface area contributed by atoms with Gasteiger partial charge in [-0.15, -0.1) is 0 Å². The van der Waals surface area contributed by atoms with Gasteiger partial charge in [0.1, 0.15) is 17.6 Å². The molecule has 27 heavy (non-hydrogen) atoms. The SMILES string of the molecule is CCOc1cc(-c2ccc(N3C[C@@H]4[C@@H](N)[C@@H]4C3)nc2)c2c(C#N)cnn2c1. The maximum Gasteiger partial charge on any atom is 0.138 e. The van der Waals surface area contributed by atoms with Crippen molar-refractivity contribution in [1.29, 1.82) is 5.26 Å². The van der Waals surface area contributed by atoms with Gasteiger partial charge in [-0.3, -0.25) is 0 Å². The minimum absolute atomic E-state index is 0.376. The van der Waals surface area contributed by atoms with Crippen molar-refractivity contribution >= 4 is 11.3 Å². The van der Waals surface area contributed by atoms with Gasteiger partial charge >= 0.3 is 0 Å². The van der Waals surface area contributed by atoms with Gasteiger partial charge in [-0.05, 0) is 37.0 Å². The first-order chi connectivity index (χ1) is 13.2. The van der Waals surface area contributed by atoms with Crippen LogP contribution in [0.2, 0.25) is 0 Å². The third kappa shape index (κ3) is 2.53. The molecule has 7 nitrogen and oxygen atoms in total. The number of ether oxygens (including phenoxy) is 1. The molecular weight excluding hydrogens is 340 g/mol. The molecule has 1 saturated heterocycles. The number of fused-ring (bicyclic) bond motifs is 2. The van der Waals surface area contributed by atoms with Gasteiger partial charge in [-0.1, -0.05) is 0 Å². The molecule has 2 fully saturated rings.